The van der Waals surface area contributed by atoms with Crippen molar-refractivity contribution in [2.24, 2.45) is 0 Å². The van der Waals surface area contributed by atoms with Gasteiger partial charge in [0.15, 0.2) is 5.82 Å². The Kier molecular flexibility index (Phi) is 3.86. The molecule has 7 heteroatoms. The molecule has 0 aliphatic carbocycles. The van der Waals surface area contributed by atoms with Gasteiger partial charge in [0.1, 0.15) is 5.69 Å². The molecule has 0 saturated carbocycles. The van der Waals surface area contributed by atoms with Crippen LogP contribution in [-0.2, 0) is 6.42 Å². The van der Waals surface area contributed by atoms with Gasteiger partial charge in [-0.2, -0.15) is 0 Å². The number of rotatable bonds is 4. The number of hydrogen-bond donors (Lipinski definition) is 2. The second kappa shape index (κ2) is 5.57. The summed E-state index contributed by atoms with van der Waals surface area (Å²) in [6.45, 7) is 1.63. The van der Waals surface area contributed by atoms with Gasteiger partial charge in [0.2, 0.25) is 5.88 Å². The molecule has 0 spiro atoms. The molecule has 0 bridgehead atoms. The van der Waals surface area contributed by atoms with Gasteiger partial charge >= 0.3 is 0 Å². The van der Waals surface area contributed by atoms with Crippen LogP contribution in [0.2, 0.25) is 0 Å². The van der Waals surface area contributed by atoms with Crippen LogP contribution in [0, 0.1) is 6.92 Å². The number of ether oxygens (including phenoxy) is 1. The minimum absolute atomic E-state index is 0.0900. The summed E-state index contributed by atoms with van der Waals surface area (Å²) in [7, 11) is 1.50. The minimum Gasteiger partial charge on any atom is -0.480 e. The highest BCUT2D eigenvalue weighted by Crippen LogP contribution is 2.13. The standard InChI is InChI=1S/C12H14N4O3/c1-7-8(5-6-17)12(18)14-11(13-7)9-3-4-10(19-2)16-15-9/h3-4,17H,5-6H2,1-2H3,(H,13,14,18). The van der Waals surface area contributed by atoms with Gasteiger partial charge in [-0.25, -0.2) is 4.98 Å². The Labute approximate surface area is 109 Å². The average Bonchev–Trinajstić information content (AvgIpc) is 2.43. The molecular weight excluding hydrogens is 248 g/mol. The van der Waals surface area contributed by atoms with E-state index in [1.54, 1.807) is 19.1 Å². The van der Waals surface area contributed by atoms with E-state index in [-0.39, 0.29) is 18.6 Å². The summed E-state index contributed by atoms with van der Waals surface area (Å²) >= 11 is 0. The van der Waals surface area contributed by atoms with E-state index in [1.165, 1.54) is 7.11 Å². The molecule has 0 atom stereocenters. The highest BCUT2D eigenvalue weighted by atomic mass is 16.5. The van der Waals surface area contributed by atoms with Gasteiger partial charge in [-0.1, -0.05) is 0 Å². The zero-order valence-corrected chi connectivity index (χ0v) is 10.7. The first-order valence-electron chi connectivity index (χ1n) is 5.74. The third kappa shape index (κ3) is 2.76. The SMILES string of the molecule is COc1ccc(-c2nc(C)c(CCO)c(=O)[nH]2)nn1. The number of nitrogens with one attached hydrogen (secondary N) is 1. The Morgan fingerprint density at radius 1 is 1.37 bits per heavy atom. The molecule has 2 aromatic heterocycles. The summed E-state index contributed by atoms with van der Waals surface area (Å²) in [5, 5.41) is 16.6. The molecule has 0 fully saturated rings. The molecule has 0 aliphatic rings. The van der Waals surface area contributed by atoms with Crippen molar-refractivity contribution >= 4 is 0 Å². The van der Waals surface area contributed by atoms with Gasteiger partial charge in [0, 0.05) is 30.4 Å². The van der Waals surface area contributed by atoms with Crippen LogP contribution in [0.5, 0.6) is 5.88 Å². The van der Waals surface area contributed by atoms with Gasteiger partial charge in [-0.15, -0.1) is 10.2 Å². The lowest BCUT2D eigenvalue weighted by molar-refractivity contribution is 0.298. The predicted octanol–water partition coefficient (Wildman–Crippen LogP) is 0.0787. The van der Waals surface area contributed by atoms with Crippen molar-refractivity contribution in [2.75, 3.05) is 13.7 Å². The normalized spacial score (nSPS) is 10.5. The molecule has 0 aromatic carbocycles. The van der Waals surface area contributed by atoms with Gasteiger partial charge in [-0.3, -0.25) is 4.79 Å². The van der Waals surface area contributed by atoms with E-state index in [0.717, 1.165) is 0 Å². The number of aryl methyl sites for hydroxylation is 1. The average molecular weight is 262 g/mol. The molecule has 0 amide bonds. The summed E-state index contributed by atoms with van der Waals surface area (Å²) in [5.41, 5.74) is 1.24. The van der Waals surface area contributed by atoms with Crippen LogP contribution in [0.25, 0.3) is 11.5 Å². The third-order valence-corrected chi connectivity index (χ3v) is 2.68. The van der Waals surface area contributed by atoms with E-state index < -0.39 is 0 Å². The van der Waals surface area contributed by atoms with Crippen molar-refractivity contribution in [3.63, 3.8) is 0 Å². The molecule has 0 unspecified atom stereocenters. The summed E-state index contributed by atoms with van der Waals surface area (Å²) < 4.78 is 4.91. The topological polar surface area (TPSA) is 101 Å². The molecule has 0 saturated heterocycles. The molecule has 19 heavy (non-hydrogen) atoms. The summed E-state index contributed by atoms with van der Waals surface area (Å²) in [6, 6.07) is 3.30. The van der Waals surface area contributed by atoms with Crippen LogP contribution in [0.3, 0.4) is 0 Å². The Morgan fingerprint density at radius 2 is 2.16 bits per heavy atom. The number of methoxy groups -OCH3 is 1. The number of hydrogen-bond acceptors (Lipinski definition) is 6. The maximum absolute atomic E-state index is 11.9. The highest BCUT2D eigenvalue weighted by molar-refractivity contribution is 5.48. The Balaban J connectivity index is 2.42. The second-order valence-corrected chi connectivity index (χ2v) is 3.91. The van der Waals surface area contributed by atoms with Crippen LogP contribution in [0.1, 0.15) is 11.3 Å². The third-order valence-electron chi connectivity index (χ3n) is 2.68. The van der Waals surface area contributed by atoms with E-state index in [9.17, 15) is 4.79 Å². The van der Waals surface area contributed by atoms with Gasteiger partial charge in [-0.05, 0) is 13.0 Å². The van der Waals surface area contributed by atoms with Gasteiger partial charge in [0.05, 0.1) is 7.11 Å². The molecule has 2 N–H and O–H groups in total. The molecule has 0 radical (unpaired) electrons. The van der Waals surface area contributed by atoms with Crippen LogP contribution in [0.15, 0.2) is 16.9 Å². The van der Waals surface area contributed by atoms with Gasteiger partial charge < -0.3 is 14.8 Å². The van der Waals surface area contributed by atoms with E-state index >= 15 is 0 Å². The smallest absolute Gasteiger partial charge is 0.254 e. The largest absolute Gasteiger partial charge is 0.480 e. The van der Waals surface area contributed by atoms with Crippen molar-refractivity contribution in [3.05, 3.63) is 33.7 Å². The zero-order valence-electron chi connectivity index (χ0n) is 10.7. The fourth-order valence-electron chi connectivity index (χ4n) is 1.69. The number of nitrogens with zero attached hydrogens (tertiary/aromatic N) is 3. The van der Waals surface area contributed by atoms with Crippen LogP contribution in [-0.4, -0.2) is 39.0 Å². The number of aromatic nitrogens is 4. The number of H-pyrrole nitrogens is 1. The minimum atomic E-state index is -0.269. The number of aromatic amines is 1. The quantitative estimate of drug-likeness (QED) is 0.809. The molecule has 2 rings (SSSR count). The summed E-state index contributed by atoms with van der Waals surface area (Å²) in [5.74, 6) is 0.735. The van der Waals surface area contributed by atoms with Crippen molar-refractivity contribution in [1.29, 1.82) is 0 Å². The van der Waals surface area contributed by atoms with Crippen LogP contribution in [0.4, 0.5) is 0 Å². The fourth-order valence-corrected chi connectivity index (χ4v) is 1.69. The molecule has 2 heterocycles. The van der Waals surface area contributed by atoms with E-state index in [1.807, 2.05) is 0 Å². The zero-order chi connectivity index (χ0) is 13.8. The molecular formula is C12H14N4O3. The first-order valence-corrected chi connectivity index (χ1v) is 5.74. The maximum atomic E-state index is 11.9. The lowest BCUT2D eigenvalue weighted by Gasteiger charge is -2.05. The van der Waals surface area contributed by atoms with Gasteiger partial charge in [0.25, 0.3) is 5.56 Å². The fraction of sp³-hybridized carbons (Fsp3) is 0.333. The molecule has 100 valence electrons. The van der Waals surface area contributed by atoms with Crippen LogP contribution >= 0.6 is 0 Å². The van der Waals surface area contributed by atoms with E-state index in [2.05, 4.69) is 20.2 Å². The predicted molar refractivity (Wildman–Crippen MR) is 68.0 cm³/mol. The Bertz CT molecular complexity index is 622. The highest BCUT2D eigenvalue weighted by Gasteiger charge is 2.10. The first kappa shape index (κ1) is 13.2. The lowest BCUT2D eigenvalue weighted by atomic mass is 10.2. The first-order chi connectivity index (χ1) is 9.15. The summed E-state index contributed by atoms with van der Waals surface area (Å²) in [4.78, 5) is 18.8. The van der Waals surface area contributed by atoms with Crippen molar-refractivity contribution < 1.29 is 9.84 Å². The number of aliphatic hydroxyl groups excluding tert-OH is 1. The van der Waals surface area contributed by atoms with Crippen molar-refractivity contribution in [2.45, 2.75) is 13.3 Å². The van der Waals surface area contributed by atoms with E-state index in [0.29, 0.717) is 28.7 Å². The molecule has 7 nitrogen and oxygen atoms in total. The Morgan fingerprint density at radius 3 is 2.68 bits per heavy atom. The monoisotopic (exact) mass is 262 g/mol. The number of aliphatic hydroxyl groups is 1. The van der Waals surface area contributed by atoms with E-state index in [4.69, 9.17) is 9.84 Å². The Hall–Kier alpha value is -2.28. The van der Waals surface area contributed by atoms with Crippen molar-refractivity contribution in [1.82, 2.24) is 20.2 Å². The maximum Gasteiger partial charge on any atom is 0.254 e. The molecule has 2 aromatic rings. The molecule has 0 aliphatic heterocycles. The lowest BCUT2D eigenvalue weighted by Crippen LogP contribution is -2.18. The van der Waals surface area contributed by atoms with Crippen molar-refractivity contribution in [3.8, 4) is 17.4 Å². The second-order valence-electron chi connectivity index (χ2n) is 3.91. The van der Waals surface area contributed by atoms with Crippen LogP contribution < -0.4 is 10.3 Å². The summed E-state index contributed by atoms with van der Waals surface area (Å²) in [6.07, 6.45) is 0.280.